The smallest absolute Gasteiger partial charge is 0.424 e. The first-order valence-corrected chi connectivity index (χ1v) is 14.1. The number of carbonyl (C=O) groups excluding carboxylic acids is 2. The molecule has 1 aliphatic heterocycles. The summed E-state index contributed by atoms with van der Waals surface area (Å²) >= 11 is 0. The van der Waals surface area contributed by atoms with E-state index in [2.05, 4.69) is 15.4 Å². The number of benzene rings is 2. The average molecular weight is 626 g/mol. The third kappa shape index (κ3) is 5.08. The summed E-state index contributed by atoms with van der Waals surface area (Å²) in [5.41, 5.74) is 0.454. The zero-order valence-electron chi connectivity index (χ0n) is 24.6. The van der Waals surface area contributed by atoms with E-state index >= 15 is 0 Å². The number of fused-ring (bicyclic) bond motifs is 2. The summed E-state index contributed by atoms with van der Waals surface area (Å²) in [6, 6.07) is 10.3. The zero-order valence-corrected chi connectivity index (χ0v) is 24.6. The molecule has 2 aliphatic rings. The van der Waals surface area contributed by atoms with Crippen molar-refractivity contribution in [3.63, 3.8) is 0 Å². The molecule has 4 N–H and O–H groups in total. The van der Waals surface area contributed by atoms with Crippen LogP contribution >= 0.6 is 0 Å². The first kappa shape index (κ1) is 30.2. The van der Waals surface area contributed by atoms with Gasteiger partial charge in [-0.05, 0) is 62.2 Å². The molecule has 0 spiro atoms. The molecule has 4 aromatic rings. The number of halogens is 3. The Morgan fingerprint density at radius 2 is 1.87 bits per heavy atom. The van der Waals surface area contributed by atoms with E-state index in [-0.39, 0.29) is 41.0 Å². The number of aliphatic hydroxyl groups is 1. The van der Waals surface area contributed by atoms with Crippen LogP contribution in [0.25, 0.3) is 22.2 Å². The van der Waals surface area contributed by atoms with E-state index in [4.69, 9.17) is 19.9 Å². The summed E-state index contributed by atoms with van der Waals surface area (Å²) < 4.78 is 62.4. The standard InChI is InChI=1S/C31H30F3N5O6/c1-29(28(35)41)15-45-26-21(29)12-23(37-25(26)16-4-8-20(43-2)9-5-16)30(42,31(32,33)34)14-36-27(40)17-10-18-13-39(19-6-7-19)38-24(18)22(11-17)44-3/h4-5,8-13,19,42H,6-7,14-15H2,1-3H3,(H2,35,41)(H,36,40)/t29-,30?/m0/s1. The molecule has 6 rings (SSSR count). The third-order valence-electron chi connectivity index (χ3n) is 8.37. The molecule has 0 saturated heterocycles. The Morgan fingerprint density at radius 3 is 2.47 bits per heavy atom. The van der Waals surface area contributed by atoms with Gasteiger partial charge in [-0.2, -0.15) is 18.3 Å². The van der Waals surface area contributed by atoms with E-state index in [1.807, 2.05) is 0 Å². The summed E-state index contributed by atoms with van der Waals surface area (Å²) in [5.74, 6) is -0.904. The van der Waals surface area contributed by atoms with Gasteiger partial charge < -0.3 is 30.4 Å². The molecule has 2 atom stereocenters. The van der Waals surface area contributed by atoms with Gasteiger partial charge in [-0.25, -0.2) is 4.98 Å². The molecule has 11 nitrogen and oxygen atoms in total. The number of alkyl halides is 3. The second-order valence-electron chi connectivity index (χ2n) is 11.4. The number of nitrogens with one attached hydrogen (secondary N) is 1. The molecule has 0 radical (unpaired) electrons. The van der Waals surface area contributed by atoms with Gasteiger partial charge in [0.2, 0.25) is 11.5 Å². The summed E-state index contributed by atoms with van der Waals surface area (Å²) in [4.78, 5) is 29.9. The van der Waals surface area contributed by atoms with Gasteiger partial charge in [0, 0.05) is 28.3 Å². The number of nitrogens with two attached hydrogens (primary N) is 1. The quantitative estimate of drug-likeness (QED) is 0.255. The number of pyridine rings is 1. The SMILES string of the molecule is COc1ccc(-c2nc(C(O)(CNC(=O)c3cc(OC)c4nn(C5CC5)cc4c3)C(F)(F)F)cc3c2OC[C@]3(C)C(N)=O)cc1. The monoisotopic (exact) mass is 625 g/mol. The lowest BCUT2D eigenvalue weighted by Crippen LogP contribution is -2.51. The van der Waals surface area contributed by atoms with Crippen molar-refractivity contribution >= 4 is 22.7 Å². The fraction of sp³-hybridized carbons (Fsp3) is 0.355. The summed E-state index contributed by atoms with van der Waals surface area (Å²) in [6.07, 6.45) is -1.61. The first-order valence-electron chi connectivity index (χ1n) is 14.1. The number of rotatable bonds is 9. The van der Waals surface area contributed by atoms with Crippen LogP contribution in [-0.2, 0) is 15.8 Å². The van der Waals surface area contributed by atoms with Gasteiger partial charge in [0.25, 0.3) is 5.91 Å². The van der Waals surface area contributed by atoms with Gasteiger partial charge in [0.1, 0.15) is 40.5 Å². The van der Waals surface area contributed by atoms with Gasteiger partial charge in [-0.1, -0.05) is 0 Å². The number of ether oxygens (including phenoxy) is 3. The van der Waals surface area contributed by atoms with Crippen LogP contribution in [0.2, 0.25) is 0 Å². The summed E-state index contributed by atoms with van der Waals surface area (Å²) in [6.45, 7) is -0.0974. The van der Waals surface area contributed by atoms with E-state index < -0.39 is 41.2 Å². The van der Waals surface area contributed by atoms with E-state index in [0.29, 0.717) is 22.2 Å². The van der Waals surface area contributed by atoms with Crippen molar-refractivity contribution in [3.05, 3.63) is 65.5 Å². The van der Waals surface area contributed by atoms with Crippen molar-refractivity contribution in [2.45, 2.75) is 43.0 Å². The second-order valence-corrected chi connectivity index (χ2v) is 11.4. The Hall–Kier alpha value is -4.85. The molecule has 2 aromatic heterocycles. The van der Waals surface area contributed by atoms with Crippen LogP contribution in [0.1, 0.15) is 47.4 Å². The minimum absolute atomic E-state index is 0.00904. The topological polar surface area (TPSA) is 151 Å². The average Bonchev–Trinajstić information content (AvgIpc) is 3.69. The van der Waals surface area contributed by atoms with Crippen LogP contribution < -0.4 is 25.3 Å². The number of nitrogens with zero attached hydrogens (tertiary/aromatic N) is 3. The number of carbonyl (C=O) groups is 2. The second kappa shape index (κ2) is 10.6. The highest BCUT2D eigenvalue weighted by atomic mass is 19.4. The van der Waals surface area contributed by atoms with E-state index in [1.165, 1.54) is 33.3 Å². The third-order valence-corrected chi connectivity index (χ3v) is 8.37. The van der Waals surface area contributed by atoms with Gasteiger partial charge in [0.05, 0.1) is 32.5 Å². The van der Waals surface area contributed by atoms with E-state index in [1.54, 1.807) is 35.1 Å². The van der Waals surface area contributed by atoms with Gasteiger partial charge in [0.15, 0.2) is 0 Å². The largest absolute Gasteiger partial charge is 0.497 e. The van der Waals surface area contributed by atoms with Crippen molar-refractivity contribution in [1.29, 1.82) is 0 Å². The van der Waals surface area contributed by atoms with Crippen LogP contribution in [0.15, 0.2) is 48.7 Å². The molecule has 14 heteroatoms. The Bertz CT molecular complexity index is 1820. The molecule has 0 bridgehead atoms. The molecule has 1 fully saturated rings. The van der Waals surface area contributed by atoms with E-state index in [9.17, 15) is 27.9 Å². The molecule has 3 heterocycles. The van der Waals surface area contributed by atoms with Crippen LogP contribution in [0.4, 0.5) is 13.2 Å². The zero-order chi connectivity index (χ0) is 32.3. The number of methoxy groups -OCH3 is 2. The van der Waals surface area contributed by atoms with Gasteiger partial charge in [-0.15, -0.1) is 0 Å². The Morgan fingerprint density at radius 1 is 1.16 bits per heavy atom. The number of hydrogen-bond acceptors (Lipinski definition) is 8. The molecule has 2 amide bonds. The van der Waals surface area contributed by atoms with Crippen LogP contribution in [0.5, 0.6) is 17.2 Å². The van der Waals surface area contributed by atoms with Crippen LogP contribution in [0, 0.1) is 0 Å². The Kier molecular flexibility index (Phi) is 7.14. The number of aromatic nitrogens is 3. The fourth-order valence-corrected chi connectivity index (χ4v) is 5.32. The van der Waals surface area contributed by atoms with Crippen molar-refractivity contribution in [3.8, 4) is 28.5 Å². The van der Waals surface area contributed by atoms with Crippen molar-refractivity contribution in [1.82, 2.24) is 20.1 Å². The maximum absolute atomic E-state index is 14.8. The fourth-order valence-electron chi connectivity index (χ4n) is 5.32. The Labute approximate surface area is 255 Å². The molecule has 1 aliphatic carbocycles. The number of primary amides is 1. The highest BCUT2D eigenvalue weighted by molar-refractivity contribution is 6.00. The molecule has 1 unspecified atom stereocenters. The van der Waals surface area contributed by atoms with Crippen LogP contribution in [0.3, 0.4) is 0 Å². The predicted molar refractivity (Wildman–Crippen MR) is 155 cm³/mol. The lowest BCUT2D eigenvalue weighted by molar-refractivity contribution is -0.265. The number of hydrogen-bond donors (Lipinski definition) is 3. The van der Waals surface area contributed by atoms with Gasteiger partial charge in [-0.3, -0.25) is 14.3 Å². The minimum atomic E-state index is -5.31. The summed E-state index contributed by atoms with van der Waals surface area (Å²) in [7, 11) is 2.86. The Balaban J connectivity index is 1.40. The molecule has 1 saturated carbocycles. The van der Waals surface area contributed by atoms with Crippen molar-refractivity contribution < 1.29 is 42.1 Å². The van der Waals surface area contributed by atoms with Crippen molar-refractivity contribution in [2.24, 2.45) is 5.73 Å². The molecular formula is C31H30F3N5O6. The van der Waals surface area contributed by atoms with Crippen molar-refractivity contribution in [2.75, 3.05) is 27.4 Å². The highest BCUT2D eigenvalue weighted by Gasteiger charge is 2.57. The highest BCUT2D eigenvalue weighted by Crippen LogP contribution is 2.48. The van der Waals surface area contributed by atoms with Gasteiger partial charge >= 0.3 is 6.18 Å². The number of amides is 2. The predicted octanol–water partition coefficient (Wildman–Crippen LogP) is 3.77. The molecule has 2 aromatic carbocycles. The lowest BCUT2D eigenvalue weighted by atomic mass is 9.81. The maximum atomic E-state index is 14.8. The minimum Gasteiger partial charge on any atom is -0.497 e. The molecular weight excluding hydrogens is 595 g/mol. The normalized spacial score (nSPS) is 19.0. The van der Waals surface area contributed by atoms with Crippen LogP contribution in [-0.4, -0.2) is 65.2 Å². The lowest BCUT2D eigenvalue weighted by Gasteiger charge is -2.31. The first-order chi connectivity index (χ1) is 21.3. The molecule has 236 valence electrons. The molecule has 45 heavy (non-hydrogen) atoms. The van der Waals surface area contributed by atoms with E-state index in [0.717, 1.165) is 18.9 Å². The maximum Gasteiger partial charge on any atom is 0.424 e. The summed E-state index contributed by atoms with van der Waals surface area (Å²) in [5, 5.41) is 18.6.